The van der Waals surface area contributed by atoms with Crippen molar-refractivity contribution in [2.75, 3.05) is 59.7 Å². The maximum atomic E-state index is 5.66. The maximum absolute atomic E-state index is 5.66. The normalized spacial score (nSPS) is 16.0. The molecule has 1 saturated heterocycles. The van der Waals surface area contributed by atoms with Gasteiger partial charge in [0, 0.05) is 26.7 Å². The highest BCUT2D eigenvalue weighted by atomic mass is 127. The quantitative estimate of drug-likeness (QED) is 0.185. The monoisotopic (exact) mass is 508 g/mol. The molecular weight excluding hydrogens is 471 g/mol. The van der Waals surface area contributed by atoms with Crippen LogP contribution in [0.5, 0.6) is 0 Å². The van der Waals surface area contributed by atoms with Gasteiger partial charge in [0.2, 0.25) is 0 Å². The molecule has 1 aliphatic rings. The number of halogens is 1. The van der Waals surface area contributed by atoms with Crippen LogP contribution in [0.4, 0.5) is 0 Å². The van der Waals surface area contributed by atoms with Crippen molar-refractivity contribution >= 4 is 29.9 Å². The Labute approximate surface area is 186 Å². The minimum absolute atomic E-state index is 0. The number of hydrogen-bond donors (Lipinski definition) is 2. The van der Waals surface area contributed by atoms with Crippen LogP contribution < -0.4 is 10.6 Å². The highest BCUT2D eigenvalue weighted by molar-refractivity contribution is 14.0. The summed E-state index contributed by atoms with van der Waals surface area (Å²) in [7, 11) is 1.79. The number of unbranched alkanes of at least 4 members (excludes halogenated alkanes) is 1. The first-order valence-electron chi connectivity index (χ1n) is 10.2. The number of nitrogens with zero attached hydrogens (tertiary/aromatic N) is 2. The second-order valence-electron chi connectivity index (χ2n) is 6.73. The summed E-state index contributed by atoms with van der Waals surface area (Å²) in [4.78, 5) is 6.77. The van der Waals surface area contributed by atoms with E-state index >= 15 is 0 Å². The second kappa shape index (κ2) is 16.0. The van der Waals surface area contributed by atoms with Gasteiger partial charge in [0.15, 0.2) is 5.96 Å². The van der Waals surface area contributed by atoms with E-state index in [2.05, 4.69) is 33.5 Å². The van der Waals surface area contributed by atoms with Gasteiger partial charge >= 0.3 is 0 Å². The topological polar surface area (TPSA) is 71.3 Å². The van der Waals surface area contributed by atoms with E-state index in [1.807, 2.05) is 6.07 Å². The predicted molar refractivity (Wildman–Crippen MR) is 124 cm³/mol. The van der Waals surface area contributed by atoms with Crippen molar-refractivity contribution < 1.29 is 13.9 Å². The highest BCUT2D eigenvalue weighted by Gasteiger charge is 2.25. The van der Waals surface area contributed by atoms with Crippen LogP contribution in [0.1, 0.15) is 44.4 Å². The summed E-state index contributed by atoms with van der Waals surface area (Å²) in [6.07, 6.45) is 6.53. The number of hydrogen-bond acceptors (Lipinski definition) is 5. The Morgan fingerprint density at radius 2 is 1.93 bits per heavy atom. The van der Waals surface area contributed by atoms with Crippen molar-refractivity contribution in [1.29, 1.82) is 0 Å². The van der Waals surface area contributed by atoms with E-state index in [4.69, 9.17) is 13.9 Å². The van der Waals surface area contributed by atoms with E-state index in [1.54, 1.807) is 13.3 Å². The first kappa shape index (κ1) is 25.2. The molecule has 162 valence electrons. The molecule has 1 aromatic heterocycles. The van der Waals surface area contributed by atoms with Gasteiger partial charge in [-0.25, -0.2) is 0 Å². The number of ether oxygens (including phenoxy) is 2. The minimum atomic E-state index is 0. The van der Waals surface area contributed by atoms with E-state index in [0.29, 0.717) is 26.4 Å². The Kier molecular flexibility index (Phi) is 14.4. The first-order valence-corrected chi connectivity index (χ1v) is 10.2. The van der Waals surface area contributed by atoms with E-state index in [9.17, 15) is 0 Å². The largest absolute Gasteiger partial charge is 0.468 e. The highest BCUT2D eigenvalue weighted by Crippen LogP contribution is 2.24. The summed E-state index contributed by atoms with van der Waals surface area (Å²) >= 11 is 0. The average Bonchev–Trinajstić information content (AvgIpc) is 3.40. The van der Waals surface area contributed by atoms with Gasteiger partial charge in [-0.15, -0.1) is 24.0 Å². The third-order valence-corrected chi connectivity index (χ3v) is 4.69. The molecule has 1 unspecified atom stereocenters. The predicted octanol–water partition coefficient (Wildman–Crippen LogP) is 3.03. The molecule has 0 saturated carbocycles. The van der Waals surface area contributed by atoms with E-state index in [0.717, 1.165) is 50.8 Å². The van der Waals surface area contributed by atoms with E-state index in [1.165, 1.54) is 12.8 Å². The molecular formula is C20H37IN4O3. The van der Waals surface area contributed by atoms with Crippen molar-refractivity contribution in [3.8, 4) is 0 Å². The maximum Gasteiger partial charge on any atom is 0.191 e. The SMILES string of the molecule is CCCCOCCOCCNC(=NC)NCC(c1ccco1)N1CCCC1.I. The summed E-state index contributed by atoms with van der Waals surface area (Å²) in [6, 6.07) is 4.24. The summed E-state index contributed by atoms with van der Waals surface area (Å²) in [6.45, 7) is 8.62. The fourth-order valence-corrected chi connectivity index (χ4v) is 3.17. The average molecular weight is 508 g/mol. The molecule has 2 N–H and O–H groups in total. The van der Waals surface area contributed by atoms with Gasteiger partial charge in [0.25, 0.3) is 0 Å². The molecule has 0 spiro atoms. The number of furan rings is 1. The van der Waals surface area contributed by atoms with Gasteiger partial charge in [0.05, 0.1) is 32.1 Å². The van der Waals surface area contributed by atoms with E-state index in [-0.39, 0.29) is 30.0 Å². The molecule has 28 heavy (non-hydrogen) atoms. The van der Waals surface area contributed by atoms with Crippen LogP contribution in [0.25, 0.3) is 0 Å². The van der Waals surface area contributed by atoms with Gasteiger partial charge < -0.3 is 24.5 Å². The number of rotatable bonds is 13. The molecule has 0 bridgehead atoms. The van der Waals surface area contributed by atoms with Gasteiger partial charge in [-0.05, 0) is 44.5 Å². The van der Waals surface area contributed by atoms with Crippen LogP contribution in [-0.4, -0.2) is 70.5 Å². The fraction of sp³-hybridized carbons (Fsp3) is 0.750. The zero-order valence-electron chi connectivity index (χ0n) is 17.3. The lowest BCUT2D eigenvalue weighted by atomic mass is 10.2. The van der Waals surface area contributed by atoms with Crippen molar-refractivity contribution in [3.05, 3.63) is 24.2 Å². The van der Waals surface area contributed by atoms with Crippen LogP contribution in [0.2, 0.25) is 0 Å². The molecule has 1 fully saturated rings. The second-order valence-corrected chi connectivity index (χ2v) is 6.73. The van der Waals surface area contributed by atoms with Crippen molar-refractivity contribution in [2.24, 2.45) is 4.99 Å². The first-order chi connectivity index (χ1) is 13.3. The van der Waals surface area contributed by atoms with Gasteiger partial charge in [-0.1, -0.05) is 13.3 Å². The van der Waals surface area contributed by atoms with Crippen LogP contribution in [0.3, 0.4) is 0 Å². The number of likely N-dealkylation sites (tertiary alicyclic amines) is 1. The Morgan fingerprint density at radius 3 is 2.57 bits per heavy atom. The fourth-order valence-electron chi connectivity index (χ4n) is 3.17. The molecule has 2 rings (SSSR count). The van der Waals surface area contributed by atoms with Gasteiger partial charge in [-0.3, -0.25) is 9.89 Å². The summed E-state index contributed by atoms with van der Waals surface area (Å²) < 4.78 is 16.7. The molecule has 2 heterocycles. The lowest BCUT2D eigenvalue weighted by Crippen LogP contribution is -2.43. The lowest BCUT2D eigenvalue weighted by Gasteiger charge is -2.26. The Hall–Kier alpha value is -0.840. The number of nitrogens with one attached hydrogen (secondary N) is 2. The zero-order valence-corrected chi connectivity index (χ0v) is 19.7. The summed E-state index contributed by atoms with van der Waals surface area (Å²) in [5, 5.41) is 6.71. The molecule has 7 nitrogen and oxygen atoms in total. The third kappa shape index (κ3) is 9.58. The molecule has 0 amide bonds. The molecule has 1 aliphatic heterocycles. The summed E-state index contributed by atoms with van der Waals surface area (Å²) in [5.41, 5.74) is 0. The van der Waals surface area contributed by atoms with Crippen LogP contribution in [0, 0.1) is 0 Å². The Bertz CT molecular complexity index is 508. The number of aliphatic imine (C=N–C) groups is 1. The van der Waals surface area contributed by atoms with E-state index < -0.39 is 0 Å². The van der Waals surface area contributed by atoms with Crippen LogP contribution in [0.15, 0.2) is 27.8 Å². The number of guanidine groups is 1. The van der Waals surface area contributed by atoms with Gasteiger partial charge in [0.1, 0.15) is 5.76 Å². The zero-order chi connectivity index (χ0) is 19.2. The van der Waals surface area contributed by atoms with Crippen molar-refractivity contribution in [1.82, 2.24) is 15.5 Å². The molecule has 0 radical (unpaired) electrons. The molecule has 0 aromatic carbocycles. The molecule has 1 aromatic rings. The van der Waals surface area contributed by atoms with Crippen LogP contribution in [-0.2, 0) is 9.47 Å². The molecule has 1 atom stereocenters. The summed E-state index contributed by atoms with van der Waals surface area (Å²) in [5.74, 6) is 1.79. The lowest BCUT2D eigenvalue weighted by molar-refractivity contribution is 0.0487. The van der Waals surface area contributed by atoms with Crippen LogP contribution >= 0.6 is 24.0 Å². The third-order valence-electron chi connectivity index (χ3n) is 4.69. The molecule has 0 aliphatic carbocycles. The smallest absolute Gasteiger partial charge is 0.191 e. The minimum Gasteiger partial charge on any atom is -0.468 e. The van der Waals surface area contributed by atoms with Gasteiger partial charge in [-0.2, -0.15) is 0 Å². The van der Waals surface area contributed by atoms with Crippen molar-refractivity contribution in [2.45, 2.75) is 38.6 Å². The Balaban J connectivity index is 0.00000392. The van der Waals surface area contributed by atoms with Crippen molar-refractivity contribution in [3.63, 3.8) is 0 Å². The standard InChI is InChI=1S/C20H36N4O3.HI/c1-3-4-12-25-15-16-26-14-9-22-20(21-2)23-17-18(19-8-7-13-27-19)24-10-5-6-11-24;/h7-8,13,18H,3-6,9-12,14-17H2,1-2H3,(H2,21,22,23);1H. The Morgan fingerprint density at radius 1 is 1.18 bits per heavy atom. The molecule has 8 heteroatoms.